The first-order valence-corrected chi connectivity index (χ1v) is 9.80. The Hall–Kier alpha value is -1.30. The molecule has 0 spiro atoms. The minimum atomic E-state index is -0.481. The highest BCUT2D eigenvalue weighted by atomic mass is 35.5. The van der Waals surface area contributed by atoms with Crippen molar-refractivity contribution in [2.24, 2.45) is 5.73 Å². The minimum Gasteiger partial charge on any atom is -0.481 e. The zero-order valence-corrected chi connectivity index (χ0v) is 17.9. The monoisotopic (exact) mass is 398 g/mol. The number of likely N-dealkylation sites (tertiary alicyclic amines) is 1. The van der Waals surface area contributed by atoms with Gasteiger partial charge in [0.1, 0.15) is 5.75 Å². The van der Waals surface area contributed by atoms with E-state index in [2.05, 4.69) is 32.0 Å². The topological polar surface area (TPSA) is 64.8 Å². The van der Waals surface area contributed by atoms with Crippen LogP contribution < -0.4 is 10.5 Å². The zero-order chi connectivity index (χ0) is 19.1. The molecule has 1 aliphatic rings. The van der Waals surface area contributed by atoms with Gasteiger partial charge in [0.05, 0.1) is 6.10 Å². The zero-order valence-electron chi connectivity index (χ0n) is 17.1. The van der Waals surface area contributed by atoms with Gasteiger partial charge in [-0.3, -0.25) is 4.79 Å². The van der Waals surface area contributed by atoms with E-state index in [9.17, 15) is 4.79 Å². The number of amides is 1. The molecule has 1 fully saturated rings. The third kappa shape index (κ3) is 6.98. The van der Waals surface area contributed by atoms with E-state index in [1.54, 1.807) is 0 Å². The van der Waals surface area contributed by atoms with Gasteiger partial charge < -0.3 is 20.1 Å². The Balaban J connectivity index is 0.00000364. The summed E-state index contributed by atoms with van der Waals surface area (Å²) in [5, 5.41) is 0. The summed E-state index contributed by atoms with van der Waals surface area (Å²) in [6, 6.07) is 6.24. The van der Waals surface area contributed by atoms with E-state index in [-0.39, 0.29) is 24.4 Å². The molecule has 1 unspecified atom stereocenters. The SMILES string of the molecule is Cc1ccc(C(C)C)cc1OC(C)C(=O)N1CCC(OCCCN)CC1.Cl. The third-order valence-electron chi connectivity index (χ3n) is 4.99. The summed E-state index contributed by atoms with van der Waals surface area (Å²) in [4.78, 5) is 14.6. The molecular weight excluding hydrogens is 364 g/mol. The van der Waals surface area contributed by atoms with Gasteiger partial charge in [-0.15, -0.1) is 12.4 Å². The number of hydrogen-bond acceptors (Lipinski definition) is 4. The van der Waals surface area contributed by atoms with Crippen molar-refractivity contribution in [1.82, 2.24) is 4.90 Å². The number of rotatable bonds is 8. The maximum Gasteiger partial charge on any atom is 0.263 e. The number of ether oxygens (including phenoxy) is 2. The fourth-order valence-electron chi connectivity index (χ4n) is 3.18. The third-order valence-corrected chi connectivity index (χ3v) is 4.99. The van der Waals surface area contributed by atoms with Crippen molar-refractivity contribution in [2.75, 3.05) is 26.2 Å². The number of nitrogens with two attached hydrogens (primary N) is 1. The van der Waals surface area contributed by atoms with E-state index < -0.39 is 6.10 Å². The molecule has 1 aromatic carbocycles. The first-order valence-electron chi connectivity index (χ1n) is 9.80. The predicted octanol–water partition coefficient (Wildman–Crippen LogP) is 3.66. The van der Waals surface area contributed by atoms with Crippen LogP contribution in [-0.2, 0) is 9.53 Å². The number of aryl methyl sites for hydroxylation is 1. The molecule has 0 aromatic heterocycles. The normalized spacial score (nSPS) is 16.1. The van der Waals surface area contributed by atoms with E-state index in [4.69, 9.17) is 15.2 Å². The van der Waals surface area contributed by atoms with Crippen molar-refractivity contribution >= 4 is 18.3 Å². The van der Waals surface area contributed by atoms with Gasteiger partial charge in [0.2, 0.25) is 0 Å². The molecule has 0 aliphatic carbocycles. The van der Waals surface area contributed by atoms with Crippen LogP contribution in [0.5, 0.6) is 5.75 Å². The lowest BCUT2D eigenvalue weighted by molar-refractivity contribution is -0.140. The van der Waals surface area contributed by atoms with Crippen molar-refractivity contribution in [3.8, 4) is 5.75 Å². The molecule has 1 heterocycles. The number of benzene rings is 1. The Labute approximate surface area is 170 Å². The molecule has 1 aromatic rings. The van der Waals surface area contributed by atoms with Gasteiger partial charge in [0, 0.05) is 19.7 Å². The molecule has 1 amide bonds. The number of halogens is 1. The number of nitrogens with zero attached hydrogens (tertiary/aromatic N) is 1. The molecule has 1 saturated heterocycles. The fraction of sp³-hybridized carbons (Fsp3) is 0.667. The highest BCUT2D eigenvalue weighted by Gasteiger charge is 2.27. The molecule has 2 N–H and O–H groups in total. The molecule has 0 saturated carbocycles. The van der Waals surface area contributed by atoms with Crippen LogP contribution in [0.3, 0.4) is 0 Å². The molecule has 1 aliphatic heterocycles. The van der Waals surface area contributed by atoms with Gasteiger partial charge in [-0.2, -0.15) is 0 Å². The molecule has 27 heavy (non-hydrogen) atoms. The summed E-state index contributed by atoms with van der Waals surface area (Å²) in [7, 11) is 0. The van der Waals surface area contributed by atoms with Crippen molar-refractivity contribution in [1.29, 1.82) is 0 Å². The average Bonchev–Trinajstić information content (AvgIpc) is 2.63. The van der Waals surface area contributed by atoms with Gasteiger partial charge in [0.25, 0.3) is 5.91 Å². The predicted molar refractivity (Wildman–Crippen MR) is 112 cm³/mol. The van der Waals surface area contributed by atoms with Crippen LogP contribution in [-0.4, -0.2) is 49.3 Å². The maximum absolute atomic E-state index is 12.7. The molecule has 5 nitrogen and oxygen atoms in total. The van der Waals surface area contributed by atoms with Crippen molar-refractivity contribution in [3.05, 3.63) is 29.3 Å². The molecule has 154 valence electrons. The van der Waals surface area contributed by atoms with Crippen LogP contribution in [0.15, 0.2) is 18.2 Å². The maximum atomic E-state index is 12.7. The first kappa shape index (κ1) is 23.7. The van der Waals surface area contributed by atoms with Crippen LogP contribution in [0.4, 0.5) is 0 Å². The smallest absolute Gasteiger partial charge is 0.263 e. The Morgan fingerprint density at radius 1 is 1.26 bits per heavy atom. The largest absolute Gasteiger partial charge is 0.481 e. The van der Waals surface area contributed by atoms with E-state index in [1.165, 1.54) is 5.56 Å². The molecule has 6 heteroatoms. The lowest BCUT2D eigenvalue weighted by Gasteiger charge is -2.33. The molecule has 0 bridgehead atoms. The molecule has 1 atom stereocenters. The number of hydrogen-bond donors (Lipinski definition) is 1. The lowest BCUT2D eigenvalue weighted by Crippen LogP contribution is -2.46. The average molecular weight is 399 g/mol. The minimum absolute atomic E-state index is 0. The highest BCUT2D eigenvalue weighted by Crippen LogP contribution is 2.26. The van der Waals surface area contributed by atoms with E-state index >= 15 is 0 Å². The van der Waals surface area contributed by atoms with Gasteiger partial charge in [-0.1, -0.05) is 26.0 Å². The Bertz CT molecular complexity index is 587. The summed E-state index contributed by atoms with van der Waals surface area (Å²) < 4.78 is 11.8. The second-order valence-electron chi connectivity index (χ2n) is 7.48. The quantitative estimate of drug-likeness (QED) is 0.678. The number of carbonyl (C=O) groups is 1. The van der Waals surface area contributed by atoms with Gasteiger partial charge >= 0.3 is 0 Å². The fourth-order valence-corrected chi connectivity index (χ4v) is 3.18. The summed E-state index contributed by atoms with van der Waals surface area (Å²) >= 11 is 0. The highest BCUT2D eigenvalue weighted by molar-refractivity contribution is 5.85. The Kier molecular flexibility index (Phi) is 10.1. The molecule has 2 rings (SSSR count). The molecule has 0 radical (unpaired) electrons. The van der Waals surface area contributed by atoms with Crippen LogP contribution in [0, 0.1) is 6.92 Å². The summed E-state index contributed by atoms with van der Waals surface area (Å²) in [6.45, 7) is 11.0. The number of piperidine rings is 1. The number of carbonyl (C=O) groups excluding carboxylic acids is 1. The van der Waals surface area contributed by atoms with Crippen molar-refractivity contribution in [3.63, 3.8) is 0 Å². The Morgan fingerprint density at radius 2 is 1.93 bits per heavy atom. The first-order chi connectivity index (χ1) is 12.4. The van der Waals surface area contributed by atoms with Crippen LogP contribution in [0.2, 0.25) is 0 Å². The van der Waals surface area contributed by atoms with Crippen molar-refractivity contribution in [2.45, 2.75) is 65.1 Å². The Morgan fingerprint density at radius 3 is 2.52 bits per heavy atom. The van der Waals surface area contributed by atoms with Crippen LogP contribution >= 0.6 is 12.4 Å². The van der Waals surface area contributed by atoms with E-state index in [1.807, 2.05) is 18.7 Å². The summed E-state index contributed by atoms with van der Waals surface area (Å²) in [5.41, 5.74) is 7.77. The standard InChI is InChI=1S/C21H34N2O3.ClH/c1-15(2)18-7-6-16(3)20(14-18)26-17(4)21(24)23-11-8-19(9-12-23)25-13-5-10-22;/h6-7,14-15,17,19H,5,8-13,22H2,1-4H3;1H. The summed E-state index contributed by atoms with van der Waals surface area (Å²) in [5.74, 6) is 1.29. The lowest BCUT2D eigenvalue weighted by atomic mass is 10.0. The molecular formula is C21H35ClN2O3. The second kappa shape index (κ2) is 11.5. The van der Waals surface area contributed by atoms with Crippen LogP contribution in [0.1, 0.15) is 57.1 Å². The second-order valence-corrected chi connectivity index (χ2v) is 7.48. The van der Waals surface area contributed by atoms with Gasteiger partial charge in [0.15, 0.2) is 6.10 Å². The van der Waals surface area contributed by atoms with E-state index in [0.29, 0.717) is 19.1 Å². The van der Waals surface area contributed by atoms with E-state index in [0.717, 1.165) is 43.7 Å². The van der Waals surface area contributed by atoms with Crippen molar-refractivity contribution < 1.29 is 14.3 Å². The summed E-state index contributed by atoms with van der Waals surface area (Å²) in [6.07, 6.45) is 2.41. The van der Waals surface area contributed by atoms with Crippen LogP contribution in [0.25, 0.3) is 0 Å². The van der Waals surface area contributed by atoms with Gasteiger partial charge in [-0.05, 0) is 62.8 Å². The van der Waals surface area contributed by atoms with Gasteiger partial charge in [-0.25, -0.2) is 0 Å².